The van der Waals surface area contributed by atoms with E-state index in [9.17, 15) is 0 Å². The average Bonchev–Trinajstić information content (AvgIpc) is 2.34. The van der Waals surface area contributed by atoms with Gasteiger partial charge in [-0.05, 0) is 44.1 Å². The minimum absolute atomic E-state index is 0.353. The molecule has 0 bridgehead atoms. The number of rotatable bonds is 5. The van der Waals surface area contributed by atoms with Gasteiger partial charge in [-0.1, -0.05) is 40.0 Å². The molecule has 0 aromatic heterocycles. The predicted molar refractivity (Wildman–Crippen MR) is 78.6 cm³/mol. The second-order valence-corrected chi connectivity index (χ2v) is 6.92. The molecular formula is C16H32N2. The van der Waals surface area contributed by atoms with Gasteiger partial charge in [0.25, 0.3) is 0 Å². The van der Waals surface area contributed by atoms with Crippen LogP contribution in [0, 0.1) is 11.8 Å². The summed E-state index contributed by atoms with van der Waals surface area (Å²) in [5.41, 5.74) is 6.53. The molecule has 0 saturated heterocycles. The van der Waals surface area contributed by atoms with Crippen LogP contribution >= 0.6 is 0 Å². The van der Waals surface area contributed by atoms with E-state index < -0.39 is 0 Å². The second-order valence-electron chi connectivity index (χ2n) is 6.92. The molecule has 2 nitrogen and oxygen atoms in total. The SMILES string of the molecule is CCN(C1CCCCC1)C1(CN)CC(C(C)C)C1. The van der Waals surface area contributed by atoms with Crippen molar-refractivity contribution in [3.05, 3.63) is 0 Å². The highest BCUT2D eigenvalue weighted by Gasteiger charge is 2.49. The minimum Gasteiger partial charge on any atom is -0.329 e. The van der Waals surface area contributed by atoms with Crippen molar-refractivity contribution in [1.82, 2.24) is 4.90 Å². The van der Waals surface area contributed by atoms with E-state index in [0.717, 1.165) is 24.4 Å². The van der Waals surface area contributed by atoms with Crippen LogP contribution in [0.3, 0.4) is 0 Å². The van der Waals surface area contributed by atoms with Gasteiger partial charge < -0.3 is 5.73 Å². The summed E-state index contributed by atoms with van der Waals surface area (Å²) in [5, 5.41) is 0. The maximum absolute atomic E-state index is 6.17. The first-order valence-electron chi connectivity index (χ1n) is 8.10. The lowest BCUT2D eigenvalue weighted by atomic mass is 9.62. The Morgan fingerprint density at radius 1 is 1.17 bits per heavy atom. The molecule has 0 aliphatic heterocycles. The lowest BCUT2D eigenvalue weighted by molar-refractivity contribution is -0.0639. The van der Waals surface area contributed by atoms with Gasteiger partial charge in [-0.2, -0.15) is 0 Å². The largest absolute Gasteiger partial charge is 0.329 e. The fraction of sp³-hybridized carbons (Fsp3) is 1.00. The van der Waals surface area contributed by atoms with Crippen molar-refractivity contribution in [1.29, 1.82) is 0 Å². The summed E-state index contributed by atoms with van der Waals surface area (Å²) in [4.78, 5) is 2.78. The molecule has 106 valence electrons. The van der Waals surface area contributed by atoms with Crippen molar-refractivity contribution in [3.63, 3.8) is 0 Å². The zero-order valence-corrected chi connectivity index (χ0v) is 12.6. The lowest BCUT2D eigenvalue weighted by Gasteiger charge is -2.58. The monoisotopic (exact) mass is 252 g/mol. The Kier molecular flexibility index (Phi) is 4.71. The maximum atomic E-state index is 6.17. The summed E-state index contributed by atoms with van der Waals surface area (Å²) >= 11 is 0. The third-order valence-corrected chi connectivity index (χ3v) is 5.57. The zero-order chi connectivity index (χ0) is 13.2. The average molecular weight is 252 g/mol. The molecule has 0 radical (unpaired) electrons. The fourth-order valence-electron chi connectivity index (χ4n) is 4.28. The standard InChI is InChI=1S/C16H32N2/c1-4-18(15-8-6-5-7-9-15)16(12-17)10-14(11-16)13(2)3/h13-15H,4-12,17H2,1-3H3. The van der Waals surface area contributed by atoms with Gasteiger partial charge in [0.2, 0.25) is 0 Å². The molecule has 0 aromatic rings. The van der Waals surface area contributed by atoms with Crippen LogP contribution in [0.5, 0.6) is 0 Å². The van der Waals surface area contributed by atoms with Crippen LogP contribution in [-0.4, -0.2) is 29.6 Å². The summed E-state index contributed by atoms with van der Waals surface area (Å²) in [6, 6.07) is 0.820. The van der Waals surface area contributed by atoms with Crippen LogP contribution < -0.4 is 5.73 Å². The third-order valence-electron chi connectivity index (χ3n) is 5.57. The van der Waals surface area contributed by atoms with Gasteiger partial charge in [-0.25, -0.2) is 0 Å². The first-order valence-corrected chi connectivity index (χ1v) is 8.10. The number of hydrogen-bond donors (Lipinski definition) is 1. The fourth-order valence-corrected chi connectivity index (χ4v) is 4.28. The Morgan fingerprint density at radius 3 is 2.22 bits per heavy atom. The quantitative estimate of drug-likeness (QED) is 0.812. The van der Waals surface area contributed by atoms with Crippen LogP contribution in [0.2, 0.25) is 0 Å². The molecule has 0 heterocycles. The van der Waals surface area contributed by atoms with Crippen LogP contribution in [-0.2, 0) is 0 Å². The Labute approximate surface area is 113 Å². The number of nitrogens with two attached hydrogens (primary N) is 1. The van der Waals surface area contributed by atoms with E-state index in [1.165, 1.54) is 51.5 Å². The molecule has 0 unspecified atom stereocenters. The Balaban J connectivity index is 2.01. The van der Waals surface area contributed by atoms with E-state index in [4.69, 9.17) is 5.73 Å². The van der Waals surface area contributed by atoms with Crippen molar-refractivity contribution in [3.8, 4) is 0 Å². The molecule has 2 fully saturated rings. The Morgan fingerprint density at radius 2 is 1.78 bits per heavy atom. The van der Waals surface area contributed by atoms with Crippen molar-refractivity contribution in [2.24, 2.45) is 17.6 Å². The van der Waals surface area contributed by atoms with Crippen molar-refractivity contribution < 1.29 is 0 Å². The van der Waals surface area contributed by atoms with Crippen LogP contribution in [0.1, 0.15) is 65.7 Å². The molecule has 0 atom stereocenters. The summed E-state index contributed by atoms with van der Waals surface area (Å²) in [5.74, 6) is 1.74. The summed E-state index contributed by atoms with van der Waals surface area (Å²) < 4.78 is 0. The van der Waals surface area contributed by atoms with E-state index in [1.54, 1.807) is 0 Å². The zero-order valence-electron chi connectivity index (χ0n) is 12.6. The van der Waals surface area contributed by atoms with E-state index in [-0.39, 0.29) is 0 Å². The number of hydrogen-bond acceptors (Lipinski definition) is 2. The van der Waals surface area contributed by atoms with Crippen LogP contribution in [0.4, 0.5) is 0 Å². The highest BCUT2D eigenvalue weighted by Crippen LogP contribution is 2.47. The minimum atomic E-state index is 0.353. The Hall–Kier alpha value is -0.0800. The predicted octanol–water partition coefficient (Wildman–Crippen LogP) is 3.40. The summed E-state index contributed by atoms with van der Waals surface area (Å²) in [6.45, 7) is 9.10. The van der Waals surface area contributed by atoms with Gasteiger partial charge in [0.05, 0.1) is 0 Å². The molecule has 2 aliphatic rings. The van der Waals surface area contributed by atoms with Gasteiger partial charge in [0, 0.05) is 18.1 Å². The first kappa shape index (κ1) is 14.3. The highest BCUT2D eigenvalue weighted by atomic mass is 15.2. The van der Waals surface area contributed by atoms with Gasteiger partial charge >= 0.3 is 0 Å². The number of nitrogens with zero attached hydrogens (tertiary/aromatic N) is 1. The van der Waals surface area contributed by atoms with Crippen LogP contribution in [0.15, 0.2) is 0 Å². The van der Waals surface area contributed by atoms with Gasteiger partial charge in [0.15, 0.2) is 0 Å². The molecule has 0 aromatic carbocycles. The van der Waals surface area contributed by atoms with E-state index >= 15 is 0 Å². The van der Waals surface area contributed by atoms with E-state index in [1.807, 2.05) is 0 Å². The second kappa shape index (κ2) is 5.92. The molecule has 2 aliphatic carbocycles. The molecular weight excluding hydrogens is 220 g/mol. The smallest absolute Gasteiger partial charge is 0.0340 e. The number of likely N-dealkylation sites (N-methyl/N-ethyl adjacent to an activating group) is 1. The van der Waals surface area contributed by atoms with Gasteiger partial charge in [0.1, 0.15) is 0 Å². The van der Waals surface area contributed by atoms with Gasteiger partial charge in [-0.3, -0.25) is 4.90 Å². The molecule has 2 rings (SSSR count). The van der Waals surface area contributed by atoms with Gasteiger partial charge in [-0.15, -0.1) is 0 Å². The Bertz CT molecular complexity index is 250. The van der Waals surface area contributed by atoms with Crippen molar-refractivity contribution >= 4 is 0 Å². The summed E-state index contributed by atoms with van der Waals surface area (Å²) in [6.07, 6.45) is 9.78. The molecule has 2 saturated carbocycles. The summed E-state index contributed by atoms with van der Waals surface area (Å²) in [7, 11) is 0. The van der Waals surface area contributed by atoms with Crippen molar-refractivity contribution in [2.45, 2.75) is 77.3 Å². The molecule has 18 heavy (non-hydrogen) atoms. The lowest BCUT2D eigenvalue weighted by Crippen LogP contribution is -2.65. The molecule has 0 amide bonds. The molecule has 2 heteroatoms. The molecule has 0 spiro atoms. The molecule has 2 N–H and O–H groups in total. The first-order chi connectivity index (χ1) is 8.63. The third kappa shape index (κ3) is 2.60. The van der Waals surface area contributed by atoms with Crippen LogP contribution in [0.25, 0.3) is 0 Å². The van der Waals surface area contributed by atoms with E-state index in [2.05, 4.69) is 25.7 Å². The normalized spacial score (nSPS) is 34.0. The topological polar surface area (TPSA) is 29.3 Å². The van der Waals surface area contributed by atoms with E-state index in [0.29, 0.717) is 5.54 Å². The maximum Gasteiger partial charge on any atom is 0.0340 e. The van der Waals surface area contributed by atoms with Crippen molar-refractivity contribution in [2.75, 3.05) is 13.1 Å². The highest BCUT2D eigenvalue weighted by molar-refractivity contribution is 5.05.